The van der Waals surface area contributed by atoms with Crippen molar-refractivity contribution in [2.24, 2.45) is 0 Å². The lowest BCUT2D eigenvalue weighted by Crippen LogP contribution is -2.43. The largest absolute Gasteiger partial charge is 0.497 e. The summed E-state index contributed by atoms with van der Waals surface area (Å²) in [7, 11) is -2.02. The summed E-state index contributed by atoms with van der Waals surface area (Å²) in [4.78, 5) is 12.7. The second-order valence-electron chi connectivity index (χ2n) is 6.67. The van der Waals surface area contributed by atoms with E-state index < -0.39 is 10.0 Å². The highest BCUT2D eigenvalue weighted by Crippen LogP contribution is 2.26. The first kappa shape index (κ1) is 19.4. The number of hydrogen-bond donors (Lipinski definition) is 1. The summed E-state index contributed by atoms with van der Waals surface area (Å²) in [5, 5.41) is 2.85. The van der Waals surface area contributed by atoms with Crippen molar-refractivity contribution in [2.45, 2.75) is 30.7 Å². The molecule has 1 atom stereocenters. The van der Waals surface area contributed by atoms with E-state index in [1.807, 2.05) is 6.92 Å². The molecule has 0 aromatic heterocycles. The van der Waals surface area contributed by atoms with E-state index in [0.29, 0.717) is 22.8 Å². The topological polar surface area (TPSA) is 75.7 Å². The number of nitrogens with one attached hydrogen (secondary N) is 1. The lowest BCUT2D eigenvalue weighted by atomic mass is 10.2. The molecule has 1 saturated heterocycles. The SMILES string of the molecule is COc1cccc(C(=O)NC[C@H]2CCCN2S(=O)(=O)c2ccc(C)cc2)c1. The number of methoxy groups -OCH3 is 1. The Hall–Kier alpha value is -2.38. The molecule has 6 nitrogen and oxygen atoms in total. The van der Waals surface area contributed by atoms with Gasteiger partial charge in [-0.1, -0.05) is 23.8 Å². The molecule has 1 N–H and O–H groups in total. The normalized spacial score (nSPS) is 17.6. The quantitative estimate of drug-likeness (QED) is 0.825. The van der Waals surface area contributed by atoms with Gasteiger partial charge in [-0.05, 0) is 50.1 Å². The van der Waals surface area contributed by atoms with Crippen molar-refractivity contribution >= 4 is 15.9 Å². The fourth-order valence-electron chi connectivity index (χ4n) is 3.25. The molecule has 1 heterocycles. The molecule has 3 rings (SSSR count). The van der Waals surface area contributed by atoms with Gasteiger partial charge in [-0.2, -0.15) is 4.31 Å². The Morgan fingerprint density at radius 1 is 1.22 bits per heavy atom. The summed E-state index contributed by atoms with van der Waals surface area (Å²) in [5.74, 6) is 0.362. The molecule has 1 aliphatic heterocycles. The van der Waals surface area contributed by atoms with Crippen molar-refractivity contribution in [3.63, 3.8) is 0 Å². The highest BCUT2D eigenvalue weighted by atomic mass is 32.2. The number of carbonyl (C=O) groups excluding carboxylic acids is 1. The van der Waals surface area contributed by atoms with E-state index in [-0.39, 0.29) is 18.5 Å². The van der Waals surface area contributed by atoms with Crippen LogP contribution in [0.15, 0.2) is 53.4 Å². The fourth-order valence-corrected chi connectivity index (χ4v) is 4.94. The Balaban J connectivity index is 1.69. The van der Waals surface area contributed by atoms with Gasteiger partial charge in [0.15, 0.2) is 0 Å². The molecule has 0 bridgehead atoms. The zero-order valence-electron chi connectivity index (χ0n) is 15.5. The first-order valence-corrected chi connectivity index (χ1v) is 10.4. The molecule has 1 amide bonds. The van der Waals surface area contributed by atoms with Gasteiger partial charge < -0.3 is 10.1 Å². The Bertz CT molecular complexity index is 910. The van der Waals surface area contributed by atoms with Crippen LogP contribution in [0.5, 0.6) is 5.75 Å². The van der Waals surface area contributed by atoms with Crippen LogP contribution in [-0.2, 0) is 10.0 Å². The minimum atomic E-state index is -3.57. The fraction of sp³-hybridized carbons (Fsp3) is 0.350. The molecule has 0 radical (unpaired) electrons. The molecule has 7 heteroatoms. The van der Waals surface area contributed by atoms with Crippen LogP contribution in [0, 0.1) is 6.92 Å². The van der Waals surface area contributed by atoms with Gasteiger partial charge >= 0.3 is 0 Å². The van der Waals surface area contributed by atoms with E-state index in [4.69, 9.17) is 4.74 Å². The van der Waals surface area contributed by atoms with Crippen molar-refractivity contribution in [3.05, 3.63) is 59.7 Å². The van der Waals surface area contributed by atoms with Gasteiger partial charge in [0.25, 0.3) is 5.91 Å². The predicted octanol–water partition coefficient (Wildman–Crippen LogP) is 2.59. The summed E-state index contributed by atoms with van der Waals surface area (Å²) in [6.45, 7) is 2.67. The molecule has 1 aliphatic rings. The van der Waals surface area contributed by atoms with E-state index in [9.17, 15) is 13.2 Å². The first-order valence-electron chi connectivity index (χ1n) is 8.92. The highest BCUT2D eigenvalue weighted by Gasteiger charge is 2.35. The van der Waals surface area contributed by atoms with E-state index in [2.05, 4.69) is 5.32 Å². The molecule has 2 aromatic carbocycles. The maximum Gasteiger partial charge on any atom is 0.251 e. The van der Waals surface area contributed by atoms with E-state index >= 15 is 0 Å². The van der Waals surface area contributed by atoms with Gasteiger partial charge in [0.05, 0.1) is 12.0 Å². The average Bonchev–Trinajstić information content (AvgIpc) is 3.16. The number of aryl methyl sites for hydroxylation is 1. The highest BCUT2D eigenvalue weighted by molar-refractivity contribution is 7.89. The molecule has 0 aliphatic carbocycles. The summed E-state index contributed by atoms with van der Waals surface area (Å²) in [6, 6.07) is 13.5. The van der Waals surface area contributed by atoms with Crippen molar-refractivity contribution in [2.75, 3.05) is 20.2 Å². The molecule has 0 spiro atoms. The zero-order valence-corrected chi connectivity index (χ0v) is 16.3. The van der Waals surface area contributed by atoms with Crippen LogP contribution in [-0.4, -0.2) is 44.9 Å². The Kier molecular flexibility index (Phi) is 5.82. The molecular weight excluding hydrogens is 364 g/mol. The van der Waals surface area contributed by atoms with E-state index in [1.54, 1.807) is 55.6 Å². The number of nitrogens with zero attached hydrogens (tertiary/aromatic N) is 1. The van der Waals surface area contributed by atoms with Gasteiger partial charge in [-0.3, -0.25) is 4.79 Å². The summed E-state index contributed by atoms with van der Waals surface area (Å²) >= 11 is 0. The second-order valence-corrected chi connectivity index (χ2v) is 8.56. The van der Waals surface area contributed by atoms with Gasteiger partial charge in [0, 0.05) is 24.7 Å². The van der Waals surface area contributed by atoms with Crippen LogP contribution in [0.3, 0.4) is 0 Å². The third kappa shape index (κ3) is 4.31. The van der Waals surface area contributed by atoms with Crippen LogP contribution in [0.4, 0.5) is 0 Å². The van der Waals surface area contributed by atoms with Crippen LogP contribution in [0.25, 0.3) is 0 Å². The zero-order chi connectivity index (χ0) is 19.4. The Labute approximate surface area is 160 Å². The van der Waals surface area contributed by atoms with E-state index in [0.717, 1.165) is 18.4 Å². The Morgan fingerprint density at radius 3 is 2.67 bits per heavy atom. The molecule has 2 aromatic rings. The monoisotopic (exact) mass is 388 g/mol. The van der Waals surface area contributed by atoms with Gasteiger partial charge in [-0.25, -0.2) is 8.42 Å². The molecule has 0 saturated carbocycles. The van der Waals surface area contributed by atoms with E-state index in [1.165, 1.54) is 4.31 Å². The number of sulfonamides is 1. The average molecular weight is 388 g/mol. The van der Waals surface area contributed by atoms with Gasteiger partial charge in [0.2, 0.25) is 10.0 Å². The molecule has 0 unspecified atom stereocenters. The standard InChI is InChI=1S/C20H24N2O4S/c1-15-8-10-19(11-9-15)27(24,25)22-12-4-6-17(22)14-21-20(23)16-5-3-7-18(13-16)26-2/h3,5,7-11,13,17H,4,6,12,14H2,1-2H3,(H,21,23)/t17-/m1/s1. The maximum atomic E-state index is 13.0. The van der Waals surface area contributed by atoms with Crippen LogP contribution in [0.2, 0.25) is 0 Å². The lowest BCUT2D eigenvalue weighted by molar-refractivity contribution is 0.0946. The van der Waals surface area contributed by atoms with Crippen LogP contribution in [0.1, 0.15) is 28.8 Å². The van der Waals surface area contributed by atoms with Crippen molar-refractivity contribution in [3.8, 4) is 5.75 Å². The Morgan fingerprint density at radius 2 is 1.96 bits per heavy atom. The lowest BCUT2D eigenvalue weighted by Gasteiger charge is -2.24. The minimum absolute atomic E-state index is 0.242. The third-order valence-electron chi connectivity index (χ3n) is 4.78. The maximum absolute atomic E-state index is 13.0. The first-order chi connectivity index (χ1) is 12.9. The van der Waals surface area contributed by atoms with Crippen molar-refractivity contribution < 1.29 is 17.9 Å². The second kappa shape index (κ2) is 8.10. The number of rotatable bonds is 6. The molecule has 144 valence electrons. The molecular formula is C20H24N2O4S. The predicted molar refractivity (Wildman–Crippen MR) is 103 cm³/mol. The molecule has 27 heavy (non-hydrogen) atoms. The summed E-state index contributed by atoms with van der Waals surface area (Å²) in [5.41, 5.74) is 1.50. The minimum Gasteiger partial charge on any atom is -0.497 e. The van der Waals surface area contributed by atoms with Crippen molar-refractivity contribution in [1.29, 1.82) is 0 Å². The van der Waals surface area contributed by atoms with Crippen LogP contribution < -0.4 is 10.1 Å². The summed E-state index contributed by atoms with van der Waals surface area (Å²) in [6.07, 6.45) is 1.51. The third-order valence-corrected chi connectivity index (χ3v) is 6.75. The number of amides is 1. The number of benzene rings is 2. The number of ether oxygens (including phenoxy) is 1. The van der Waals surface area contributed by atoms with Crippen molar-refractivity contribution in [1.82, 2.24) is 9.62 Å². The number of hydrogen-bond acceptors (Lipinski definition) is 4. The van der Waals surface area contributed by atoms with Gasteiger partial charge in [-0.15, -0.1) is 0 Å². The van der Waals surface area contributed by atoms with Gasteiger partial charge in [0.1, 0.15) is 5.75 Å². The smallest absolute Gasteiger partial charge is 0.251 e. The molecule has 1 fully saturated rings. The number of carbonyl (C=O) groups is 1. The van der Waals surface area contributed by atoms with Crippen LogP contribution >= 0.6 is 0 Å². The summed E-state index contributed by atoms with van der Waals surface area (Å²) < 4.78 is 32.5.